The molecule has 124 valence electrons. The molecule has 1 amide bonds. The summed E-state index contributed by atoms with van der Waals surface area (Å²) in [5.74, 6) is -0.592. The van der Waals surface area contributed by atoms with Crippen LogP contribution in [0.2, 0.25) is 0 Å². The summed E-state index contributed by atoms with van der Waals surface area (Å²) in [6.07, 6.45) is 0.595. The van der Waals surface area contributed by atoms with E-state index in [2.05, 4.69) is 11.9 Å². The standard InChI is InChI=1S/C19H19NO4/c1-2-17(18(21)23-13-15-9-5-3-6-10-15)20-19(22)24-14-16-11-7-4-8-12-16/h2-12,17H,1,13-14H2,(H,20,22). The maximum Gasteiger partial charge on any atom is 0.408 e. The molecular formula is C19H19NO4. The minimum absolute atomic E-state index is 0.121. The molecule has 0 aliphatic carbocycles. The lowest BCUT2D eigenvalue weighted by molar-refractivity contribution is -0.146. The molecule has 0 bridgehead atoms. The lowest BCUT2D eigenvalue weighted by Crippen LogP contribution is -2.40. The van der Waals surface area contributed by atoms with Gasteiger partial charge in [-0.1, -0.05) is 66.7 Å². The third-order valence-electron chi connectivity index (χ3n) is 3.20. The van der Waals surface area contributed by atoms with Crippen LogP contribution in [0.4, 0.5) is 4.79 Å². The first-order valence-corrected chi connectivity index (χ1v) is 7.49. The molecule has 0 spiro atoms. The SMILES string of the molecule is C=CC(NC(=O)OCc1ccccc1)C(=O)OCc1ccccc1. The van der Waals surface area contributed by atoms with Gasteiger partial charge in [0.25, 0.3) is 0 Å². The van der Waals surface area contributed by atoms with Crippen LogP contribution in [0, 0.1) is 0 Å². The molecule has 0 aromatic heterocycles. The third-order valence-corrected chi connectivity index (χ3v) is 3.20. The predicted molar refractivity (Wildman–Crippen MR) is 90.0 cm³/mol. The zero-order valence-electron chi connectivity index (χ0n) is 13.2. The zero-order valence-corrected chi connectivity index (χ0v) is 13.2. The summed E-state index contributed by atoms with van der Waals surface area (Å²) in [5.41, 5.74) is 1.72. The Labute approximate surface area is 140 Å². The Hall–Kier alpha value is -3.08. The van der Waals surface area contributed by atoms with Gasteiger partial charge in [0.05, 0.1) is 0 Å². The number of esters is 1. The Morgan fingerprint density at radius 1 is 0.917 bits per heavy atom. The van der Waals surface area contributed by atoms with Crippen molar-refractivity contribution in [2.75, 3.05) is 0 Å². The average molecular weight is 325 g/mol. The molecular weight excluding hydrogens is 306 g/mol. The van der Waals surface area contributed by atoms with Crippen LogP contribution in [0.15, 0.2) is 73.3 Å². The van der Waals surface area contributed by atoms with E-state index < -0.39 is 18.1 Å². The normalized spacial score (nSPS) is 11.2. The molecule has 2 aromatic rings. The number of hydrogen-bond acceptors (Lipinski definition) is 4. The number of hydrogen-bond donors (Lipinski definition) is 1. The predicted octanol–water partition coefficient (Wildman–Crippen LogP) is 3.21. The van der Waals surface area contributed by atoms with E-state index in [0.29, 0.717) is 0 Å². The summed E-state index contributed by atoms with van der Waals surface area (Å²) in [7, 11) is 0. The lowest BCUT2D eigenvalue weighted by Gasteiger charge is -2.14. The summed E-state index contributed by atoms with van der Waals surface area (Å²) in [6, 6.07) is 17.6. The first kappa shape index (κ1) is 17.3. The monoisotopic (exact) mass is 325 g/mol. The van der Waals surface area contributed by atoms with Gasteiger partial charge in [-0.05, 0) is 11.1 Å². The first-order valence-electron chi connectivity index (χ1n) is 7.49. The molecule has 0 heterocycles. The van der Waals surface area contributed by atoms with Gasteiger partial charge in [0.1, 0.15) is 19.3 Å². The second kappa shape index (κ2) is 9.15. The van der Waals surface area contributed by atoms with Crippen LogP contribution >= 0.6 is 0 Å². The van der Waals surface area contributed by atoms with Gasteiger partial charge < -0.3 is 14.8 Å². The number of ether oxygens (including phenoxy) is 2. The highest BCUT2D eigenvalue weighted by Gasteiger charge is 2.19. The second-order valence-corrected chi connectivity index (χ2v) is 5.01. The summed E-state index contributed by atoms with van der Waals surface area (Å²) >= 11 is 0. The Balaban J connectivity index is 1.78. The van der Waals surface area contributed by atoms with Crippen LogP contribution in [-0.2, 0) is 27.5 Å². The summed E-state index contributed by atoms with van der Waals surface area (Å²) < 4.78 is 10.2. The van der Waals surface area contributed by atoms with Gasteiger partial charge in [-0.15, -0.1) is 6.58 Å². The summed E-state index contributed by atoms with van der Waals surface area (Å²) in [4.78, 5) is 23.8. The van der Waals surface area contributed by atoms with E-state index in [4.69, 9.17) is 9.47 Å². The van der Waals surface area contributed by atoms with Crippen molar-refractivity contribution in [1.82, 2.24) is 5.32 Å². The van der Waals surface area contributed by atoms with Crippen molar-refractivity contribution in [1.29, 1.82) is 0 Å². The second-order valence-electron chi connectivity index (χ2n) is 5.01. The van der Waals surface area contributed by atoms with Crippen LogP contribution in [-0.4, -0.2) is 18.1 Å². The molecule has 0 aliphatic rings. The Bertz CT molecular complexity index is 670. The molecule has 0 fully saturated rings. The van der Waals surface area contributed by atoms with E-state index in [1.54, 1.807) is 0 Å². The van der Waals surface area contributed by atoms with E-state index in [1.807, 2.05) is 60.7 Å². The molecule has 1 N–H and O–H groups in total. The molecule has 5 nitrogen and oxygen atoms in total. The van der Waals surface area contributed by atoms with Gasteiger partial charge >= 0.3 is 12.1 Å². The van der Waals surface area contributed by atoms with E-state index >= 15 is 0 Å². The highest BCUT2D eigenvalue weighted by Crippen LogP contribution is 2.04. The van der Waals surface area contributed by atoms with Gasteiger partial charge in [0.2, 0.25) is 0 Å². The highest BCUT2D eigenvalue weighted by molar-refractivity contribution is 5.83. The van der Waals surface area contributed by atoms with Crippen molar-refractivity contribution in [3.8, 4) is 0 Å². The molecule has 0 saturated carbocycles. The van der Waals surface area contributed by atoms with Crippen LogP contribution in [0.3, 0.4) is 0 Å². The minimum atomic E-state index is -0.961. The molecule has 0 aliphatic heterocycles. The van der Waals surface area contributed by atoms with Crippen molar-refractivity contribution >= 4 is 12.1 Å². The quantitative estimate of drug-likeness (QED) is 0.627. The van der Waals surface area contributed by atoms with E-state index in [9.17, 15) is 9.59 Å². The topological polar surface area (TPSA) is 64.6 Å². The van der Waals surface area contributed by atoms with Crippen LogP contribution in [0.5, 0.6) is 0 Å². The highest BCUT2D eigenvalue weighted by atomic mass is 16.6. The Morgan fingerprint density at radius 2 is 1.42 bits per heavy atom. The summed E-state index contributed by atoms with van der Waals surface area (Å²) in [5, 5.41) is 2.42. The molecule has 1 atom stereocenters. The average Bonchev–Trinajstić information content (AvgIpc) is 2.64. The summed E-state index contributed by atoms with van der Waals surface area (Å²) in [6.45, 7) is 3.79. The van der Waals surface area contributed by atoms with Crippen molar-refractivity contribution in [2.24, 2.45) is 0 Å². The largest absolute Gasteiger partial charge is 0.459 e. The number of rotatable bonds is 7. The fraction of sp³-hybridized carbons (Fsp3) is 0.158. The molecule has 2 rings (SSSR count). The Kier molecular flexibility index (Phi) is 6.58. The van der Waals surface area contributed by atoms with Crippen LogP contribution < -0.4 is 5.32 Å². The number of amides is 1. The number of carbonyl (C=O) groups excluding carboxylic acids is 2. The van der Waals surface area contributed by atoms with Crippen LogP contribution in [0.1, 0.15) is 11.1 Å². The van der Waals surface area contributed by atoms with Crippen molar-refractivity contribution in [2.45, 2.75) is 19.3 Å². The van der Waals surface area contributed by atoms with Crippen molar-refractivity contribution < 1.29 is 19.1 Å². The third kappa shape index (κ3) is 5.61. The molecule has 2 aromatic carbocycles. The smallest absolute Gasteiger partial charge is 0.408 e. The van der Waals surface area contributed by atoms with E-state index in [1.165, 1.54) is 6.08 Å². The van der Waals surface area contributed by atoms with Crippen LogP contribution in [0.25, 0.3) is 0 Å². The molecule has 5 heteroatoms. The molecule has 1 unspecified atom stereocenters. The minimum Gasteiger partial charge on any atom is -0.459 e. The number of alkyl carbamates (subject to hydrolysis) is 1. The lowest BCUT2D eigenvalue weighted by atomic mass is 10.2. The molecule has 0 radical (unpaired) electrons. The maximum atomic E-state index is 12.0. The number of nitrogens with one attached hydrogen (secondary N) is 1. The van der Waals surface area contributed by atoms with Gasteiger partial charge in [0.15, 0.2) is 0 Å². The number of carbonyl (C=O) groups is 2. The fourth-order valence-corrected chi connectivity index (χ4v) is 1.92. The van der Waals surface area contributed by atoms with Gasteiger partial charge in [0, 0.05) is 0 Å². The van der Waals surface area contributed by atoms with Gasteiger partial charge in [-0.2, -0.15) is 0 Å². The van der Waals surface area contributed by atoms with Gasteiger partial charge in [-0.3, -0.25) is 0 Å². The maximum absolute atomic E-state index is 12.0. The van der Waals surface area contributed by atoms with Crippen molar-refractivity contribution in [3.63, 3.8) is 0 Å². The molecule has 0 saturated heterocycles. The zero-order chi connectivity index (χ0) is 17.2. The Morgan fingerprint density at radius 3 is 1.92 bits per heavy atom. The first-order chi connectivity index (χ1) is 11.7. The van der Waals surface area contributed by atoms with E-state index in [0.717, 1.165) is 11.1 Å². The van der Waals surface area contributed by atoms with Crippen molar-refractivity contribution in [3.05, 3.63) is 84.4 Å². The fourth-order valence-electron chi connectivity index (χ4n) is 1.92. The number of benzene rings is 2. The van der Waals surface area contributed by atoms with E-state index in [-0.39, 0.29) is 13.2 Å². The van der Waals surface area contributed by atoms with Gasteiger partial charge in [-0.25, -0.2) is 9.59 Å². The molecule has 24 heavy (non-hydrogen) atoms.